The van der Waals surface area contributed by atoms with Crippen LogP contribution in [0, 0.1) is 0 Å². The van der Waals surface area contributed by atoms with Gasteiger partial charge in [0.1, 0.15) is 12.4 Å². The van der Waals surface area contributed by atoms with Gasteiger partial charge in [0.25, 0.3) is 5.91 Å². The topological polar surface area (TPSA) is 109 Å². The van der Waals surface area contributed by atoms with E-state index >= 15 is 0 Å². The summed E-state index contributed by atoms with van der Waals surface area (Å²) in [4.78, 5) is 12.3. The molecule has 10 nitrogen and oxygen atoms in total. The van der Waals surface area contributed by atoms with Crippen LogP contribution in [-0.4, -0.2) is 52.8 Å². The maximum atomic E-state index is 12.3. The highest BCUT2D eigenvalue weighted by atomic mass is 16.7. The number of methoxy groups -OCH3 is 1. The van der Waals surface area contributed by atoms with Crippen molar-refractivity contribution in [3.8, 4) is 34.5 Å². The Bertz CT molecular complexity index is 1270. The largest absolute Gasteiger partial charge is 0.497 e. The monoisotopic (exact) mass is 433 g/mol. The van der Waals surface area contributed by atoms with Gasteiger partial charge in [-0.3, -0.25) is 4.79 Å². The van der Waals surface area contributed by atoms with Crippen LogP contribution in [0.15, 0.2) is 54.6 Å². The molecule has 0 aliphatic carbocycles. The number of ether oxygens (including phenoxy) is 4. The van der Waals surface area contributed by atoms with Gasteiger partial charge in [0.05, 0.1) is 13.7 Å². The molecule has 0 spiro atoms. The van der Waals surface area contributed by atoms with Gasteiger partial charge in [-0.2, -0.15) is 4.52 Å². The van der Waals surface area contributed by atoms with Crippen LogP contribution in [0.4, 0.5) is 0 Å². The van der Waals surface area contributed by atoms with Crippen molar-refractivity contribution in [1.29, 1.82) is 0 Å². The van der Waals surface area contributed by atoms with E-state index < -0.39 is 0 Å². The number of hydrogen-bond acceptors (Lipinski definition) is 8. The maximum absolute atomic E-state index is 12.3. The number of aromatic nitrogens is 4. The lowest BCUT2D eigenvalue weighted by Gasteiger charge is -2.08. The predicted molar refractivity (Wildman–Crippen MR) is 113 cm³/mol. The summed E-state index contributed by atoms with van der Waals surface area (Å²) in [7, 11) is 1.62. The average molecular weight is 433 g/mol. The fraction of sp³-hybridized carbons (Fsp3) is 0.182. The summed E-state index contributed by atoms with van der Waals surface area (Å²) in [5.41, 5.74) is 1.93. The first-order valence-corrected chi connectivity index (χ1v) is 9.89. The second kappa shape index (κ2) is 8.42. The third kappa shape index (κ3) is 3.85. The SMILES string of the molecule is COc1ccc(-c2nnc3ccc(OCCNC(=O)c4ccc5c(c4)OCO5)nn23)cc1. The van der Waals surface area contributed by atoms with E-state index in [9.17, 15) is 4.79 Å². The summed E-state index contributed by atoms with van der Waals surface area (Å²) < 4.78 is 23.1. The van der Waals surface area contributed by atoms with Crippen LogP contribution >= 0.6 is 0 Å². The van der Waals surface area contributed by atoms with Gasteiger partial charge in [0.15, 0.2) is 23.0 Å². The minimum absolute atomic E-state index is 0.165. The van der Waals surface area contributed by atoms with Gasteiger partial charge in [-0.25, -0.2) is 0 Å². The minimum atomic E-state index is -0.226. The van der Waals surface area contributed by atoms with Gasteiger partial charge in [-0.1, -0.05) is 0 Å². The highest BCUT2D eigenvalue weighted by Gasteiger charge is 2.16. The van der Waals surface area contributed by atoms with E-state index in [4.69, 9.17) is 18.9 Å². The Morgan fingerprint density at radius 2 is 1.91 bits per heavy atom. The fourth-order valence-corrected chi connectivity index (χ4v) is 3.23. The Hall–Kier alpha value is -4.34. The van der Waals surface area contributed by atoms with Gasteiger partial charge in [-0.15, -0.1) is 15.3 Å². The molecule has 0 unspecified atom stereocenters. The Labute approximate surface area is 182 Å². The van der Waals surface area contributed by atoms with E-state index in [1.54, 1.807) is 42.0 Å². The number of hydrogen-bond donors (Lipinski definition) is 1. The Morgan fingerprint density at radius 1 is 1.06 bits per heavy atom. The van der Waals surface area contributed by atoms with Gasteiger partial charge < -0.3 is 24.3 Å². The van der Waals surface area contributed by atoms with Crippen LogP contribution in [0.5, 0.6) is 23.1 Å². The Kier molecular flexibility index (Phi) is 5.16. The molecule has 32 heavy (non-hydrogen) atoms. The fourth-order valence-electron chi connectivity index (χ4n) is 3.23. The summed E-state index contributed by atoms with van der Waals surface area (Å²) in [6, 6.07) is 16.0. The summed E-state index contributed by atoms with van der Waals surface area (Å²) in [5.74, 6) is 2.70. The molecule has 5 rings (SSSR count). The van der Waals surface area contributed by atoms with E-state index in [2.05, 4.69) is 20.6 Å². The zero-order valence-electron chi connectivity index (χ0n) is 17.1. The lowest BCUT2D eigenvalue weighted by atomic mass is 10.2. The number of amides is 1. The molecular formula is C22H19N5O5. The zero-order valence-corrected chi connectivity index (χ0v) is 17.1. The molecule has 0 saturated heterocycles. The summed E-state index contributed by atoms with van der Waals surface area (Å²) in [6.07, 6.45) is 0. The smallest absolute Gasteiger partial charge is 0.251 e. The van der Waals surface area contributed by atoms with E-state index in [-0.39, 0.29) is 19.3 Å². The minimum Gasteiger partial charge on any atom is -0.497 e. The van der Waals surface area contributed by atoms with Crippen LogP contribution in [0.1, 0.15) is 10.4 Å². The first-order chi connectivity index (χ1) is 15.7. The molecule has 2 aromatic heterocycles. The van der Waals surface area contributed by atoms with E-state index in [0.29, 0.717) is 41.0 Å². The molecule has 0 saturated carbocycles. The molecule has 1 N–H and O–H groups in total. The van der Waals surface area contributed by atoms with E-state index in [1.165, 1.54) is 0 Å². The molecule has 10 heteroatoms. The summed E-state index contributed by atoms with van der Waals surface area (Å²) in [5, 5.41) is 15.6. The van der Waals surface area contributed by atoms with Crippen LogP contribution in [0.25, 0.3) is 17.0 Å². The third-order valence-corrected chi connectivity index (χ3v) is 4.86. The summed E-state index contributed by atoms with van der Waals surface area (Å²) >= 11 is 0. The van der Waals surface area contributed by atoms with Crippen molar-refractivity contribution >= 4 is 11.6 Å². The molecule has 0 atom stereocenters. The van der Waals surface area contributed by atoms with E-state index in [1.807, 2.05) is 24.3 Å². The van der Waals surface area contributed by atoms with Crippen LogP contribution in [0.2, 0.25) is 0 Å². The number of nitrogens with one attached hydrogen (secondary N) is 1. The second-order valence-corrected chi connectivity index (χ2v) is 6.87. The first kappa shape index (κ1) is 19.6. The van der Waals surface area contributed by atoms with Crippen LogP contribution in [-0.2, 0) is 0 Å². The number of fused-ring (bicyclic) bond motifs is 2. The highest BCUT2D eigenvalue weighted by molar-refractivity contribution is 5.94. The van der Waals surface area contributed by atoms with Crippen molar-refractivity contribution in [3.05, 3.63) is 60.2 Å². The van der Waals surface area contributed by atoms with Gasteiger partial charge in [-0.05, 0) is 48.5 Å². The van der Waals surface area contributed by atoms with Crippen molar-refractivity contribution in [2.45, 2.75) is 0 Å². The quantitative estimate of drug-likeness (QED) is 0.443. The standard InChI is InChI=1S/C22H19N5O5/c1-29-16-5-2-14(3-6-16)21-25-24-19-8-9-20(26-27(19)21)30-11-10-23-22(28)15-4-7-17-18(12-15)32-13-31-17/h2-9,12H,10-11,13H2,1H3,(H,23,28). The number of carbonyl (C=O) groups is 1. The average Bonchev–Trinajstić information content (AvgIpc) is 3.48. The number of carbonyl (C=O) groups excluding carboxylic acids is 1. The Morgan fingerprint density at radius 3 is 2.75 bits per heavy atom. The first-order valence-electron chi connectivity index (χ1n) is 9.89. The van der Waals surface area contributed by atoms with Crippen LogP contribution in [0.3, 0.4) is 0 Å². The molecular weight excluding hydrogens is 414 g/mol. The predicted octanol–water partition coefficient (Wildman–Crippen LogP) is 2.34. The number of benzene rings is 2. The van der Waals surface area contributed by atoms with Gasteiger partial charge in [0, 0.05) is 17.2 Å². The zero-order chi connectivity index (χ0) is 21.9. The number of rotatable bonds is 7. The van der Waals surface area contributed by atoms with Gasteiger partial charge >= 0.3 is 0 Å². The maximum Gasteiger partial charge on any atom is 0.251 e. The highest BCUT2D eigenvalue weighted by Crippen LogP contribution is 2.32. The third-order valence-electron chi connectivity index (χ3n) is 4.86. The van der Waals surface area contributed by atoms with Crippen molar-refractivity contribution in [2.24, 2.45) is 0 Å². The van der Waals surface area contributed by atoms with E-state index in [0.717, 1.165) is 11.3 Å². The molecule has 3 heterocycles. The molecule has 1 aliphatic heterocycles. The van der Waals surface area contributed by atoms with Crippen LogP contribution < -0.4 is 24.3 Å². The van der Waals surface area contributed by atoms with Gasteiger partial charge in [0.2, 0.25) is 12.7 Å². The number of nitrogens with zero attached hydrogens (tertiary/aromatic N) is 4. The molecule has 162 valence electrons. The normalized spacial score (nSPS) is 12.0. The lowest BCUT2D eigenvalue weighted by Crippen LogP contribution is -2.28. The molecule has 1 aliphatic rings. The second-order valence-electron chi connectivity index (χ2n) is 6.87. The van der Waals surface area contributed by atoms with Crippen molar-refractivity contribution in [1.82, 2.24) is 25.1 Å². The van der Waals surface area contributed by atoms with Crippen molar-refractivity contribution in [3.63, 3.8) is 0 Å². The lowest BCUT2D eigenvalue weighted by molar-refractivity contribution is 0.0946. The molecule has 4 aromatic rings. The molecule has 0 bridgehead atoms. The molecule has 2 aromatic carbocycles. The molecule has 1 amide bonds. The molecule has 0 radical (unpaired) electrons. The van der Waals surface area contributed by atoms with Crippen molar-refractivity contribution in [2.75, 3.05) is 27.1 Å². The molecule has 0 fully saturated rings. The summed E-state index contributed by atoms with van der Waals surface area (Å²) in [6.45, 7) is 0.716. The Balaban J connectivity index is 1.21. The van der Waals surface area contributed by atoms with Crippen molar-refractivity contribution < 1.29 is 23.7 Å².